The van der Waals surface area contributed by atoms with Crippen LogP contribution in [0.2, 0.25) is 5.02 Å². The molecule has 2 fully saturated rings. The number of aromatic nitrogens is 3. The third-order valence-corrected chi connectivity index (χ3v) is 6.15. The molecule has 0 bridgehead atoms. The summed E-state index contributed by atoms with van der Waals surface area (Å²) in [6.45, 7) is 3.12. The van der Waals surface area contributed by atoms with Crippen LogP contribution in [0, 0.1) is 5.41 Å². The number of rotatable bonds is 3. The molecule has 3 aromatic heterocycles. The van der Waals surface area contributed by atoms with Crippen molar-refractivity contribution in [2.45, 2.75) is 31.8 Å². The zero-order valence-electron chi connectivity index (χ0n) is 15.2. The number of imidazole rings is 1. The van der Waals surface area contributed by atoms with Crippen LogP contribution < -0.4 is 5.32 Å². The Morgan fingerprint density at radius 1 is 1.22 bits per heavy atom. The first-order valence-electron chi connectivity index (χ1n) is 9.62. The predicted molar refractivity (Wildman–Crippen MR) is 106 cm³/mol. The molecule has 1 atom stereocenters. The number of hydrogen-bond donors (Lipinski definition) is 1. The van der Waals surface area contributed by atoms with E-state index < -0.39 is 0 Å². The summed E-state index contributed by atoms with van der Waals surface area (Å²) in [7, 11) is 0. The number of hydrogen-bond acceptors (Lipinski definition) is 4. The molecular formula is C21H23ClN4O. The number of piperidine rings is 1. The van der Waals surface area contributed by atoms with E-state index in [1.165, 1.54) is 12.8 Å². The fraction of sp³-hybridized carbons (Fsp3) is 0.429. The monoisotopic (exact) mass is 382 g/mol. The van der Waals surface area contributed by atoms with E-state index in [-0.39, 0.29) is 6.10 Å². The molecule has 5 nitrogen and oxygen atoms in total. The first-order chi connectivity index (χ1) is 13.2. The Morgan fingerprint density at radius 3 is 3.00 bits per heavy atom. The van der Waals surface area contributed by atoms with E-state index in [4.69, 9.17) is 21.3 Å². The van der Waals surface area contributed by atoms with E-state index in [2.05, 4.69) is 22.4 Å². The van der Waals surface area contributed by atoms with Gasteiger partial charge in [-0.15, -0.1) is 0 Å². The van der Waals surface area contributed by atoms with Gasteiger partial charge in [-0.1, -0.05) is 17.7 Å². The summed E-state index contributed by atoms with van der Waals surface area (Å²) in [4.78, 5) is 9.36. The van der Waals surface area contributed by atoms with Crippen LogP contribution in [0.4, 0.5) is 0 Å². The molecule has 2 saturated heterocycles. The second-order valence-electron chi connectivity index (χ2n) is 7.82. The molecule has 6 heteroatoms. The van der Waals surface area contributed by atoms with E-state index in [1.807, 2.05) is 35.0 Å². The maximum Gasteiger partial charge on any atom is 0.137 e. The first-order valence-corrected chi connectivity index (χ1v) is 10.00. The fourth-order valence-corrected chi connectivity index (χ4v) is 4.61. The van der Waals surface area contributed by atoms with E-state index in [1.54, 1.807) is 0 Å². The smallest absolute Gasteiger partial charge is 0.137 e. The van der Waals surface area contributed by atoms with Gasteiger partial charge >= 0.3 is 0 Å². The van der Waals surface area contributed by atoms with Gasteiger partial charge in [0.2, 0.25) is 0 Å². The molecule has 1 spiro atoms. The largest absolute Gasteiger partial charge is 0.377 e. The highest BCUT2D eigenvalue weighted by Gasteiger charge is 2.40. The molecule has 0 radical (unpaired) electrons. The van der Waals surface area contributed by atoms with Gasteiger partial charge in [-0.2, -0.15) is 0 Å². The lowest BCUT2D eigenvalue weighted by Gasteiger charge is -2.32. The Morgan fingerprint density at radius 2 is 2.11 bits per heavy atom. The summed E-state index contributed by atoms with van der Waals surface area (Å²) in [5, 5.41) is 4.14. The van der Waals surface area contributed by atoms with Crippen molar-refractivity contribution in [1.82, 2.24) is 19.7 Å². The van der Waals surface area contributed by atoms with E-state index in [0.29, 0.717) is 10.4 Å². The molecule has 0 saturated carbocycles. The number of halogens is 1. The molecule has 0 amide bonds. The Kier molecular flexibility index (Phi) is 4.38. The summed E-state index contributed by atoms with van der Waals surface area (Å²) in [5.41, 5.74) is 4.19. The van der Waals surface area contributed by atoms with Gasteiger partial charge in [0.15, 0.2) is 0 Å². The third-order valence-electron chi connectivity index (χ3n) is 5.93. The normalized spacial score (nSPS) is 21.9. The van der Waals surface area contributed by atoms with Crippen molar-refractivity contribution >= 4 is 17.2 Å². The number of nitrogens with zero attached hydrogens (tertiary/aromatic N) is 3. The predicted octanol–water partition coefficient (Wildman–Crippen LogP) is 3.75. The summed E-state index contributed by atoms with van der Waals surface area (Å²) in [5.74, 6) is 0. The minimum atomic E-state index is 0.266. The Balaban J connectivity index is 1.37. The highest BCUT2D eigenvalue weighted by atomic mass is 35.5. The quantitative estimate of drug-likeness (QED) is 0.749. The van der Waals surface area contributed by atoms with Crippen molar-refractivity contribution in [3.8, 4) is 11.4 Å². The van der Waals surface area contributed by atoms with Gasteiger partial charge in [-0.25, -0.2) is 4.98 Å². The second kappa shape index (κ2) is 6.89. The average molecular weight is 383 g/mol. The fourth-order valence-electron chi connectivity index (χ4n) is 4.45. The molecule has 27 heavy (non-hydrogen) atoms. The molecule has 0 aromatic carbocycles. The molecule has 140 valence electrons. The van der Waals surface area contributed by atoms with Crippen molar-refractivity contribution < 1.29 is 4.74 Å². The molecule has 2 aliphatic rings. The summed E-state index contributed by atoms with van der Waals surface area (Å²) < 4.78 is 8.15. The van der Waals surface area contributed by atoms with Gasteiger partial charge in [0, 0.05) is 18.3 Å². The number of fused-ring (bicyclic) bond motifs is 1. The SMILES string of the molecule is Clc1ccc2ncc(-c3cccc(CC4CC5(CCNCC5)CO4)n3)n2c1. The minimum absolute atomic E-state index is 0.266. The third kappa shape index (κ3) is 3.35. The molecular weight excluding hydrogens is 360 g/mol. The van der Waals surface area contributed by atoms with Crippen LogP contribution in [0.1, 0.15) is 25.0 Å². The Bertz CT molecular complexity index is 964. The van der Waals surface area contributed by atoms with E-state index >= 15 is 0 Å². The standard InChI is InChI=1S/C21H23ClN4O/c22-15-4-5-20-24-12-19(26(20)13-15)18-3-1-2-16(25-18)10-17-11-21(14-27-17)6-8-23-9-7-21/h1-5,12-13,17,23H,6-11,14H2. The van der Waals surface area contributed by atoms with Crippen molar-refractivity contribution in [2.24, 2.45) is 5.41 Å². The van der Waals surface area contributed by atoms with E-state index in [0.717, 1.165) is 55.3 Å². The molecule has 5 heterocycles. The van der Waals surface area contributed by atoms with Gasteiger partial charge < -0.3 is 10.1 Å². The maximum atomic E-state index is 6.16. The van der Waals surface area contributed by atoms with Gasteiger partial charge in [0.05, 0.1) is 35.3 Å². The van der Waals surface area contributed by atoms with Gasteiger partial charge in [-0.3, -0.25) is 9.38 Å². The zero-order chi connectivity index (χ0) is 18.3. The molecule has 1 unspecified atom stereocenters. The van der Waals surface area contributed by atoms with Gasteiger partial charge in [0.25, 0.3) is 0 Å². The number of pyridine rings is 2. The molecule has 2 aliphatic heterocycles. The lowest BCUT2D eigenvalue weighted by Crippen LogP contribution is -2.37. The summed E-state index contributed by atoms with van der Waals surface area (Å²) in [6, 6.07) is 9.96. The van der Waals surface area contributed by atoms with Crippen LogP contribution in [0.5, 0.6) is 0 Å². The lowest BCUT2D eigenvalue weighted by molar-refractivity contribution is 0.0863. The van der Waals surface area contributed by atoms with Crippen molar-refractivity contribution in [1.29, 1.82) is 0 Å². The Labute approximate surface area is 163 Å². The summed E-state index contributed by atoms with van der Waals surface area (Å²) in [6.07, 6.45) is 8.45. The van der Waals surface area contributed by atoms with Crippen LogP contribution in [0.15, 0.2) is 42.7 Å². The zero-order valence-corrected chi connectivity index (χ0v) is 16.0. The van der Waals surface area contributed by atoms with Crippen LogP contribution in [0.25, 0.3) is 17.0 Å². The van der Waals surface area contributed by atoms with Gasteiger partial charge in [-0.05, 0) is 62.0 Å². The molecule has 1 N–H and O–H groups in total. The van der Waals surface area contributed by atoms with Crippen LogP contribution in [0.3, 0.4) is 0 Å². The van der Waals surface area contributed by atoms with Crippen LogP contribution >= 0.6 is 11.6 Å². The minimum Gasteiger partial charge on any atom is -0.377 e. The molecule has 5 rings (SSSR count). The number of ether oxygens (including phenoxy) is 1. The van der Waals surface area contributed by atoms with Crippen LogP contribution in [-0.2, 0) is 11.2 Å². The van der Waals surface area contributed by atoms with Gasteiger partial charge in [0.1, 0.15) is 5.65 Å². The lowest BCUT2D eigenvalue weighted by atomic mass is 9.77. The van der Waals surface area contributed by atoms with Crippen molar-refractivity contribution in [3.05, 3.63) is 53.4 Å². The maximum absolute atomic E-state index is 6.16. The second-order valence-corrected chi connectivity index (χ2v) is 8.26. The highest BCUT2D eigenvalue weighted by Crippen LogP contribution is 2.41. The molecule has 0 aliphatic carbocycles. The molecule has 3 aromatic rings. The topological polar surface area (TPSA) is 51.5 Å². The van der Waals surface area contributed by atoms with Crippen LogP contribution in [-0.4, -0.2) is 40.2 Å². The number of nitrogens with one attached hydrogen (secondary N) is 1. The van der Waals surface area contributed by atoms with Crippen molar-refractivity contribution in [2.75, 3.05) is 19.7 Å². The van der Waals surface area contributed by atoms with Crippen molar-refractivity contribution in [3.63, 3.8) is 0 Å². The summed E-state index contributed by atoms with van der Waals surface area (Å²) >= 11 is 6.16. The van der Waals surface area contributed by atoms with E-state index in [9.17, 15) is 0 Å². The highest BCUT2D eigenvalue weighted by molar-refractivity contribution is 6.30. The Hall–Kier alpha value is -1.95. The first kappa shape index (κ1) is 17.2. The average Bonchev–Trinajstić information content (AvgIpc) is 3.27.